The van der Waals surface area contributed by atoms with Gasteiger partial charge in [0, 0.05) is 24.1 Å². The van der Waals surface area contributed by atoms with E-state index in [1.807, 2.05) is 30.3 Å². The van der Waals surface area contributed by atoms with Gasteiger partial charge in [0.25, 0.3) is 0 Å². The first-order chi connectivity index (χ1) is 16.8. The summed E-state index contributed by atoms with van der Waals surface area (Å²) in [5, 5.41) is 22.6. The molecule has 3 aromatic rings. The van der Waals surface area contributed by atoms with Crippen LogP contribution in [0.3, 0.4) is 0 Å². The van der Waals surface area contributed by atoms with Crippen LogP contribution in [0.1, 0.15) is 66.8 Å². The zero-order chi connectivity index (χ0) is 24.6. The van der Waals surface area contributed by atoms with Gasteiger partial charge in [0.2, 0.25) is 5.91 Å². The Morgan fingerprint density at radius 2 is 1.94 bits per heavy atom. The third kappa shape index (κ3) is 4.56. The smallest absolute Gasteiger partial charge is 0.339 e. The fourth-order valence-electron chi connectivity index (χ4n) is 5.73. The van der Waals surface area contributed by atoms with E-state index in [1.165, 1.54) is 17.7 Å². The Morgan fingerprint density at radius 3 is 2.69 bits per heavy atom. The van der Waals surface area contributed by atoms with Crippen molar-refractivity contribution in [3.8, 4) is 17.1 Å². The number of carbonyl (C=O) groups is 2. The van der Waals surface area contributed by atoms with E-state index in [9.17, 15) is 14.7 Å². The van der Waals surface area contributed by atoms with Crippen LogP contribution in [0.2, 0.25) is 0 Å². The van der Waals surface area contributed by atoms with Gasteiger partial charge in [-0.1, -0.05) is 42.8 Å². The lowest BCUT2D eigenvalue weighted by Crippen LogP contribution is -2.55. The molecule has 1 amide bonds. The van der Waals surface area contributed by atoms with Crippen LogP contribution < -0.4 is 5.32 Å². The summed E-state index contributed by atoms with van der Waals surface area (Å²) >= 11 is 0. The highest BCUT2D eigenvalue weighted by atomic mass is 16.4. The summed E-state index contributed by atoms with van der Waals surface area (Å²) in [7, 11) is 0. The number of amides is 1. The highest BCUT2D eigenvalue weighted by Crippen LogP contribution is 2.46. The number of carbonyl (C=O) groups excluding carboxylic acids is 1. The average Bonchev–Trinajstić information content (AvgIpc) is 3.39. The molecule has 1 aromatic heterocycles. The molecule has 7 heteroatoms. The van der Waals surface area contributed by atoms with Crippen molar-refractivity contribution in [3.63, 3.8) is 0 Å². The normalized spacial score (nSPS) is 24.9. The molecule has 2 fully saturated rings. The number of hydrogen-bond acceptors (Lipinski definition) is 5. The van der Waals surface area contributed by atoms with Crippen molar-refractivity contribution in [1.29, 1.82) is 0 Å². The van der Waals surface area contributed by atoms with Crippen LogP contribution in [0.15, 0.2) is 65.1 Å². The fraction of sp³-hybridized carbons (Fsp3) is 0.357. The number of nitrogens with one attached hydrogen (secondary N) is 1. The maximum Gasteiger partial charge on any atom is 0.339 e. The van der Waals surface area contributed by atoms with Gasteiger partial charge < -0.3 is 19.9 Å². The summed E-state index contributed by atoms with van der Waals surface area (Å²) in [6.07, 6.45) is 4.30. The summed E-state index contributed by atoms with van der Waals surface area (Å²) in [5.74, 6) is -0.00488. The van der Waals surface area contributed by atoms with Crippen molar-refractivity contribution in [2.75, 3.05) is 0 Å². The molecule has 7 nitrogen and oxygen atoms in total. The molecule has 0 bridgehead atoms. The van der Waals surface area contributed by atoms with Crippen molar-refractivity contribution in [1.82, 2.24) is 10.2 Å². The third-order valence-corrected chi connectivity index (χ3v) is 7.41. The van der Waals surface area contributed by atoms with E-state index in [0.29, 0.717) is 24.3 Å². The van der Waals surface area contributed by atoms with E-state index in [-0.39, 0.29) is 34.8 Å². The first-order valence-electron chi connectivity index (χ1n) is 12.1. The molecule has 3 N–H and O–H groups in total. The molecule has 0 saturated carbocycles. The van der Waals surface area contributed by atoms with E-state index >= 15 is 0 Å². The van der Waals surface area contributed by atoms with E-state index in [2.05, 4.69) is 29.3 Å². The molecule has 182 valence electrons. The maximum absolute atomic E-state index is 12.5. The number of aromatic carboxylic acids is 1. The molecule has 2 aliphatic rings. The first kappa shape index (κ1) is 23.2. The van der Waals surface area contributed by atoms with Crippen LogP contribution in [0.25, 0.3) is 11.3 Å². The Kier molecular flexibility index (Phi) is 6.11. The van der Waals surface area contributed by atoms with Crippen molar-refractivity contribution in [2.24, 2.45) is 0 Å². The Labute approximate surface area is 204 Å². The molecule has 2 aromatic carbocycles. The molecule has 0 radical (unpaired) electrons. The van der Waals surface area contributed by atoms with Crippen molar-refractivity contribution in [2.45, 2.75) is 63.2 Å². The predicted octanol–water partition coefficient (Wildman–Crippen LogP) is 5.11. The van der Waals surface area contributed by atoms with E-state index in [4.69, 9.17) is 9.52 Å². The Balaban J connectivity index is 1.45. The molecule has 2 aliphatic heterocycles. The van der Waals surface area contributed by atoms with Gasteiger partial charge in [0.1, 0.15) is 22.8 Å². The number of carboxylic acids is 1. The number of aromatic hydroxyl groups is 1. The molecule has 0 spiro atoms. The van der Waals surface area contributed by atoms with E-state index in [0.717, 1.165) is 31.4 Å². The predicted molar refractivity (Wildman–Crippen MR) is 131 cm³/mol. The fourth-order valence-corrected chi connectivity index (χ4v) is 5.73. The highest BCUT2D eigenvalue weighted by Gasteiger charge is 2.50. The molecule has 0 aliphatic carbocycles. The van der Waals surface area contributed by atoms with Crippen LogP contribution in [-0.4, -0.2) is 38.6 Å². The number of furan rings is 1. The lowest BCUT2D eigenvalue weighted by atomic mass is 9.85. The summed E-state index contributed by atoms with van der Waals surface area (Å²) in [5.41, 5.74) is 1.36. The number of benzene rings is 2. The number of nitrogens with zero attached hydrogens (tertiary/aromatic N) is 1. The van der Waals surface area contributed by atoms with Crippen LogP contribution >= 0.6 is 0 Å². The van der Waals surface area contributed by atoms with E-state index < -0.39 is 5.97 Å². The molecule has 35 heavy (non-hydrogen) atoms. The topological polar surface area (TPSA) is 103 Å². The Hall–Kier alpha value is -3.58. The minimum atomic E-state index is -1.18. The lowest BCUT2D eigenvalue weighted by Gasteiger charge is -2.38. The second-order valence-corrected chi connectivity index (χ2v) is 9.83. The zero-order valence-corrected chi connectivity index (χ0v) is 19.7. The second-order valence-electron chi connectivity index (χ2n) is 9.83. The number of phenols is 1. The Morgan fingerprint density at radius 1 is 1.14 bits per heavy atom. The third-order valence-electron chi connectivity index (χ3n) is 7.41. The standard InChI is InChI=1S/C28H30N2O5/c1-28-16-22(18-7-3-2-4-8-18)30(25(28)9-5-6-10-26(32)29-28)17-20-12-14-24(35-20)19-11-13-21(27(33)34)23(31)15-19/h2-4,7-8,11-15,22,25,31H,5-6,9-10,16-17H2,1H3,(H,29,32)(H,33,34)/t22-,25-,28-/m0/s1. The number of likely N-dealkylation sites (tertiary alicyclic amines) is 1. The number of hydrogen-bond donors (Lipinski definition) is 3. The largest absolute Gasteiger partial charge is 0.507 e. The molecule has 2 saturated heterocycles. The van der Waals surface area contributed by atoms with Crippen LogP contribution in [-0.2, 0) is 11.3 Å². The second kappa shape index (κ2) is 9.23. The molecule has 0 unspecified atom stereocenters. The molecule has 3 atom stereocenters. The maximum atomic E-state index is 12.5. The number of rotatable bonds is 5. The lowest BCUT2D eigenvalue weighted by molar-refractivity contribution is -0.123. The van der Waals surface area contributed by atoms with Gasteiger partial charge in [0.15, 0.2) is 0 Å². The van der Waals surface area contributed by atoms with Crippen LogP contribution in [0.4, 0.5) is 0 Å². The zero-order valence-electron chi connectivity index (χ0n) is 19.7. The van der Waals surface area contributed by atoms with Crippen molar-refractivity contribution in [3.05, 3.63) is 77.6 Å². The highest BCUT2D eigenvalue weighted by molar-refractivity contribution is 5.91. The van der Waals surface area contributed by atoms with Gasteiger partial charge in [-0.25, -0.2) is 4.79 Å². The van der Waals surface area contributed by atoms with Crippen molar-refractivity contribution < 1.29 is 24.2 Å². The quantitative estimate of drug-likeness (QED) is 0.475. The van der Waals surface area contributed by atoms with Crippen LogP contribution in [0.5, 0.6) is 5.75 Å². The average molecular weight is 475 g/mol. The summed E-state index contributed by atoms with van der Waals surface area (Å²) in [6.45, 7) is 2.74. The molecular weight excluding hydrogens is 444 g/mol. The van der Waals surface area contributed by atoms with Gasteiger partial charge in [0.05, 0.1) is 12.1 Å². The minimum absolute atomic E-state index is 0.121. The summed E-state index contributed by atoms with van der Waals surface area (Å²) in [6, 6.07) is 18.9. The monoisotopic (exact) mass is 474 g/mol. The van der Waals surface area contributed by atoms with Gasteiger partial charge in [-0.15, -0.1) is 0 Å². The SMILES string of the molecule is C[C@]12C[C@@H](c3ccccc3)N(Cc3ccc(-c4ccc(C(=O)O)c(O)c4)o3)[C@H]1CCCCC(=O)N2. The van der Waals surface area contributed by atoms with Crippen LogP contribution in [0, 0.1) is 0 Å². The van der Waals surface area contributed by atoms with Gasteiger partial charge >= 0.3 is 5.97 Å². The minimum Gasteiger partial charge on any atom is -0.507 e. The summed E-state index contributed by atoms with van der Waals surface area (Å²) in [4.78, 5) is 26.2. The Bertz CT molecular complexity index is 1240. The summed E-state index contributed by atoms with van der Waals surface area (Å²) < 4.78 is 6.17. The first-order valence-corrected chi connectivity index (χ1v) is 12.1. The van der Waals surface area contributed by atoms with Gasteiger partial charge in [-0.2, -0.15) is 0 Å². The molecular formula is C28H30N2O5. The molecule has 5 rings (SSSR count). The number of carboxylic acid groups (broad SMARTS) is 1. The van der Waals surface area contributed by atoms with E-state index in [1.54, 1.807) is 6.07 Å². The number of fused-ring (bicyclic) bond motifs is 1. The van der Waals surface area contributed by atoms with Gasteiger partial charge in [-0.05, 0) is 56.0 Å². The molecule has 3 heterocycles. The van der Waals surface area contributed by atoms with Crippen molar-refractivity contribution >= 4 is 11.9 Å². The van der Waals surface area contributed by atoms with Gasteiger partial charge in [-0.3, -0.25) is 9.69 Å².